The van der Waals surface area contributed by atoms with Crippen molar-refractivity contribution < 1.29 is 15.0 Å². The summed E-state index contributed by atoms with van der Waals surface area (Å²) in [4.78, 5) is 13.9. The molecule has 0 saturated heterocycles. The molecule has 2 N–H and O–H groups in total. The van der Waals surface area contributed by atoms with Crippen LogP contribution in [0.2, 0.25) is 0 Å². The zero-order chi connectivity index (χ0) is 13.8. The van der Waals surface area contributed by atoms with Gasteiger partial charge < -0.3 is 10.2 Å². The van der Waals surface area contributed by atoms with Crippen LogP contribution in [-0.4, -0.2) is 34.5 Å². The van der Waals surface area contributed by atoms with Crippen molar-refractivity contribution in [2.75, 3.05) is 13.6 Å². The highest BCUT2D eigenvalue weighted by atomic mass is 32.1. The number of likely N-dealkylation sites (N-methyl/N-ethyl adjacent to an activating group) is 1. The maximum atomic E-state index is 12.0. The van der Waals surface area contributed by atoms with Crippen LogP contribution < -0.4 is 0 Å². The molecule has 0 aliphatic carbocycles. The van der Waals surface area contributed by atoms with E-state index < -0.39 is 0 Å². The number of hydrogen-bond donors (Lipinski definition) is 2. The first-order chi connectivity index (χ1) is 9.06. The van der Waals surface area contributed by atoms with Gasteiger partial charge in [0.25, 0.3) is 0 Å². The molecule has 0 aliphatic heterocycles. The Morgan fingerprint density at radius 2 is 2.11 bits per heavy atom. The molecular weight excluding hydrogens is 262 g/mol. The molecule has 0 atom stereocenters. The largest absolute Gasteiger partial charge is 0.508 e. The summed E-state index contributed by atoms with van der Waals surface area (Å²) in [5, 5.41) is 22.9. The molecule has 4 nitrogen and oxygen atoms in total. The van der Waals surface area contributed by atoms with Crippen molar-refractivity contribution in [1.29, 1.82) is 0 Å². The van der Waals surface area contributed by atoms with E-state index in [1.807, 2.05) is 28.8 Å². The van der Waals surface area contributed by atoms with E-state index in [1.165, 1.54) is 18.2 Å². The van der Waals surface area contributed by atoms with Gasteiger partial charge in [0.1, 0.15) is 11.5 Å². The summed E-state index contributed by atoms with van der Waals surface area (Å²) < 4.78 is 0. The normalized spacial score (nSPS) is 10.8. The summed E-state index contributed by atoms with van der Waals surface area (Å²) in [5.74, 6) is -0.412. The summed E-state index contributed by atoms with van der Waals surface area (Å²) >= 11 is 1.62. The molecule has 0 fully saturated rings. The minimum absolute atomic E-state index is 0.0549. The molecule has 0 saturated carbocycles. The van der Waals surface area contributed by atoms with E-state index in [1.54, 1.807) is 11.3 Å². The van der Waals surface area contributed by atoms with Crippen molar-refractivity contribution in [3.8, 4) is 11.5 Å². The summed E-state index contributed by atoms with van der Waals surface area (Å²) in [6.45, 7) is 0.905. The molecule has 0 bridgehead atoms. The van der Waals surface area contributed by atoms with Gasteiger partial charge in [-0.1, -0.05) is 0 Å². The lowest BCUT2D eigenvalue weighted by Crippen LogP contribution is -2.25. The molecule has 1 heterocycles. The lowest BCUT2D eigenvalue weighted by molar-refractivity contribution is 0.0940. The molecule has 2 rings (SSSR count). The summed E-state index contributed by atoms with van der Waals surface area (Å²) in [5.41, 5.74) is 1.39. The van der Waals surface area contributed by atoms with Crippen molar-refractivity contribution in [2.24, 2.45) is 0 Å². The Morgan fingerprint density at radius 1 is 1.32 bits per heavy atom. The predicted octanol–water partition coefficient (Wildman–Crippen LogP) is 2.47. The zero-order valence-electron chi connectivity index (χ0n) is 10.5. The van der Waals surface area contributed by atoms with Crippen LogP contribution in [0.25, 0.3) is 0 Å². The minimum atomic E-state index is -0.186. The second-order valence-electron chi connectivity index (χ2n) is 4.43. The Hall–Kier alpha value is -1.85. The van der Waals surface area contributed by atoms with E-state index in [4.69, 9.17) is 0 Å². The van der Waals surface area contributed by atoms with Gasteiger partial charge in [-0.15, -0.1) is 0 Å². The fourth-order valence-electron chi connectivity index (χ4n) is 1.84. The Bertz CT molecular complexity index is 566. The SMILES string of the molecule is CN(CC(=O)c1ccc(O)cc1O)Cc1ccsc1. The third kappa shape index (κ3) is 3.56. The highest BCUT2D eigenvalue weighted by molar-refractivity contribution is 7.07. The Balaban J connectivity index is 2.00. The standard InChI is InChI=1S/C14H15NO3S/c1-15(7-10-4-5-19-9-10)8-14(18)12-3-2-11(16)6-13(12)17/h2-6,9,16-17H,7-8H2,1H3. The van der Waals surface area contributed by atoms with Crippen molar-refractivity contribution in [1.82, 2.24) is 4.90 Å². The number of benzene rings is 1. The molecule has 1 aromatic heterocycles. The number of thiophene rings is 1. The van der Waals surface area contributed by atoms with Crippen LogP contribution in [0.3, 0.4) is 0 Å². The van der Waals surface area contributed by atoms with Gasteiger partial charge in [0.2, 0.25) is 0 Å². The average molecular weight is 277 g/mol. The van der Waals surface area contributed by atoms with Crippen LogP contribution in [-0.2, 0) is 6.54 Å². The van der Waals surface area contributed by atoms with Gasteiger partial charge in [0, 0.05) is 12.6 Å². The molecular formula is C14H15NO3S. The summed E-state index contributed by atoms with van der Waals surface area (Å²) in [6, 6.07) is 6.02. The van der Waals surface area contributed by atoms with Crippen molar-refractivity contribution in [2.45, 2.75) is 6.54 Å². The van der Waals surface area contributed by atoms with Crippen LogP contribution >= 0.6 is 11.3 Å². The molecule has 0 unspecified atom stereocenters. The number of aromatic hydroxyl groups is 2. The first kappa shape index (κ1) is 13.6. The first-order valence-corrected chi connectivity index (χ1v) is 6.75. The van der Waals surface area contributed by atoms with Gasteiger partial charge in [0.05, 0.1) is 12.1 Å². The topological polar surface area (TPSA) is 60.8 Å². The van der Waals surface area contributed by atoms with Gasteiger partial charge in [-0.25, -0.2) is 0 Å². The van der Waals surface area contributed by atoms with Crippen LogP contribution in [0.1, 0.15) is 15.9 Å². The maximum absolute atomic E-state index is 12.0. The highest BCUT2D eigenvalue weighted by Gasteiger charge is 2.14. The number of rotatable bonds is 5. The lowest BCUT2D eigenvalue weighted by atomic mass is 10.1. The molecule has 0 spiro atoms. The molecule has 0 aliphatic rings. The van der Waals surface area contributed by atoms with Gasteiger partial charge in [0.15, 0.2) is 5.78 Å². The molecule has 1 aromatic carbocycles. The second-order valence-corrected chi connectivity index (χ2v) is 5.21. The minimum Gasteiger partial charge on any atom is -0.508 e. The molecule has 2 aromatic rings. The van der Waals surface area contributed by atoms with Crippen LogP contribution in [0.15, 0.2) is 35.0 Å². The van der Waals surface area contributed by atoms with E-state index >= 15 is 0 Å². The highest BCUT2D eigenvalue weighted by Crippen LogP contribution is 2.23. The fourth-order valence-corrected chi connectivity index (χ4v) is 2.50. The fraction of sp³-hybridized carbons (Fsp3) is 0.214. The number of Topliss-reactive ketones (excluding diaryl/α,β-unsaturated/α-hetero) is 1. The number of carbonyl (C=O) groups excluding carboxylic acids is 1. The van der Waals surface area contributed by atoms with Gasteiger partial charge in [-0.3, -0.25) is 9.69 Å². The monoisotopic (exact) mass is 277 g/mol. The Labute approximate surface area is 115 Å². The van der Waals surface area contributed by atoms with Crippen LogP contribution in [0.4, 0.5) is 0 Å². The van der Waals surface area contributed by atoms with Gasteiger partial charge in [-0.2, -0.15) is 11.3 Å². The van der Waals surface area contributed by atoms with Crippen LogP contribution in [0.5, 0.6) is 11.5 Å². The van der Waals surface area contributed by atoms with Crippen molar-refractivity contribution in [3.63, 3.8) is 0 Å². The van der Waals surface area contributed by atoms with E-state index in [0.29, 0.717) is 6.54 Å². The van der Waals surface area contributed by atoms with Crippen LogP contribution in [0, 0.1) is 0 Å². The quantitative estimate of drug-likeness (QED) is 0.824. The molecule has 0 radical (unpaired) electrons. The Morgan fingerprint density at radius 3 is 2.74 bits per heavy atom. The van der Waals surface area contributed by atoms with Crippen molar-refractivity contribution >= 4 is 17.1 Å². The number of carbonyl (C=O) groups is 1. The van der Waals surface area contributed by atoms with Crippen molar-refractivity contribution in [3.05, 3.63) is 46.2 Å². The predicted molar refractivity (Wildman–Crippen MR) is 74.8 cm³/mol. The second kappa shape index (κ2) is 5.86. The number of phenolic OH excluding ortho intramolecular Hbond substituents is 2. The third-order valence-electron chi connectivity index (χ3n) is 2.73. The van der Waals surface area contributed by atoms with Gasteiger partial charge >= 0.3 is 0 Å². The summed E-state index contributed by atoms with van der Waals surface area (Å²) in [6.07, 6.45) is 0. The first-order valence-electron chi connectivity index (χ1n) is 5.81. The Kier molecular flexibility index (Phi) is 4.19. The van der Waals surface area contributed by atoms with E-state index in [-0.39, 0.29) is 29.4 Å². The molecule has 5 heteroatoms. The molecule has 0 amide bonds. The maximum Gasteiger partial charge on any atom is 0.180 e. The third-order valence-corrected chi connectivity index (χ3v) is 3.46. The van der Waals surface area contributed by atoms with E-state index in [0.717, 1.165) is 5.56 Å². The number of phenols is 2. The smallest absolute Gasteiger partial charge is 0.180 e. The molecule has 100 valence electrons. The number of hydrogen-bond acceptors (Lipinski definition) is 5. The number of nitrogens with zero attached hydrogens (tertiary/aromatic N) is 1. The zero-order valence-corrected chi connectivity index (χ0v) is 11.4. The lowest BCUT2D eigenvalue weighted by Gasteiger charge is -2.15. The van der Waals surface area contributed by atoms with Gasteiger partial charge in [-0.05, 0) is 41.6 Å². The van der Waals surface area contributed by atoms with E-state index in [2.05, 4.69) is 0 Å². The number of ketones is 1. The average Bonchev–Trinajstić information content (AvgIpc) is 2.81. The van der Waals surface area contributed by atoms with E-state index in [9.17, 15) is 15.0 Å². The molecule has 19 heavy (non-hydrogen) atoms. The summed E-state index contributed by atoms with van der Waals surface area (Å²) in [7, 11) is 1.85.